The van der Waals surface area contributed by atoms with E-state index in [0.717, 1.165) is 29.8 Å². The van der Waals surface area contributed by atoms with Crippen molar-refractivity contribution in [3.8, 4) is 28.4 Å². The van der Waals surface area contributed by atoms with Crippen molar-refractivity contribution >= 4 is 40.2 Å². The van der Waals surface area contributed by atoms with E-state index < -0.39 is 4.92 Å². The Labute approximate surface area is 267 Å². The summed E-state index contributed by atoms with van der Waals surface area (Å²) in [7, 11) is 0. The molecule has 0 unspecified atom stereocenters. The number of hydrogen-bond acceptors (Lipinski definition) is 9. The molecule has 0 atom stereocenters. The summed E-state index contributed by atoms with van der Waals surface area (Å²) in [5.74, 6) is 1.41. The van der Waals surface area contributed by atoms with Gasteiger partial charge in [0.2, 0.25) is 4.96 Å². The lowest BCUT2D eigenvalue weighted by Crippen LogP contribution is -2.23. The van der Waals surface area contributed by atoms with Crippen molar-refractivity contribution in [3.05, 3.63) is 121 Å². The highest BCUT2D eigenvalue weighted by atomic mass is 32.1. The predicted octanol–water partition coefficient (Wildman–Crippen LogP) is 6.21. The Morgan fingerprint density at radius 2 is 1.78 bits per heavy atom. The first-order valence-corrected chi connectivity index (χ1v) is 15.6. The molecule has 6 rings (SSSR count). The number of unbranched alkanes of at least 4 members (excludes halogenated alkanes) is 1. The van der Waals surface area contributed by atoms with Crippen LogP contribution in [0.4, 0.5) is 5.69 Å². The van der Waals surface area contributed by atoms with Gasteiger partial charge in [-0.1, -0.05) is 61.1 Å². The van der Waals surface area contributed by atoms with Crippen molar-refractivity contribution in [1.82, 2.24) is 24.4 Å². The lowest BCUT2D eigenvalue weighted by Gasteiger charge is -2.06. The third-order valence-electron chi connectivity index (χ3n) is 7.05. The number of para-hydroxylation sites is 1. The van der Waals surface area contributed by atoms with Crippen molar-refractivity contribution in [1.29, 1.82) is 0 Å². The van der Waals surface area contributed by atoms with Crippen molar-refractivity contribution in [3.63, 3.8) is 0 Å². The van der Waals surface area contributed by atoms with E-state index in [9.17, 15) is 14.9 Å². The summed E-state index contributed by atoms with van der Waals surface area (Å²) in [5, 5.41) is 21.0. The Hall–Kier alpha value is -5.62. The van der Waals surface area contributed by atoms with Crippen molar-refractivity contribution in [2.75, 3.05) is 13.2 Å². The molecule has 3 aromatic carbocycles. The van der Waals surface area contributed by atoms with E-state index in [1.165, 1.54) is 21.9 Å². The molecule has 0 spiro atoms. The number of rotatable bonds is 12. The van der Waals surface area contributed by atoms with Gasteiger partial charge < -0.3 is 9.47 Å². The fraction of sp³-hybridized carbons (Fsp3) is 0.176. The third-order valence-corrected chi connectivity index (χ3v) is 8.01. The van der Waals surface area contributed by atoms with Gasteiger partial charge in [-0.2, -0.15) is 14.6 Å². The highest BCUT2D eigenvalue weighted by Gasteiger charge is 2.20. The predicted molar refractivity (Wildman–Crippen MR) is 179 cm³/mol. The molecule has 3 heterocycles. The molecule has 0 aliphatic carbocycles. The molecule has 0 fully saturated rings. The highest BCUT2D eigenvalue weighted by molar-refractivity contribution is 7.15. The number of nitrogens with zero attached hydrogens (tertiary/aromatic N) is 6. The fourth-order valence-corrected chi connectivity index (χ4v) is 5.66. The van der Waals surface area contributed by atoms with Gasteiger partial charge in [0.25, 0.3) is 5.56 Å². The van der Waals surface area contributed by atoms with E-state index in [-0.39, 0.29) is 17.0 Å². The van der Waals surface area contributed by atoms with Crippen LogP contribution in [-0.4, -0.2) is 42.5 Å². The molecule has 0 radical (unpaired) electrons. The van der Waals surface area contributed by atoms with E-state index in [1.54, 1.807) is 42.1 Å². The number of nitro benzene ring substituents is 1. The minimum absolute atomic E-state index is 0.167. The highest BCUT2D eigenvalue weighted by Crippen LogP contribution is 2.34. The molecule has 0 saturated heterocycles. The minimum atomic E-state index is -0.480. The topological polar surface area (TPSA) is 127 Å². The van der Waals surface area contributed by atoms with E-state index in [0.29, 0.717) is 45.4 Å². The largest absolute Gasteiger partial charge is 0.494 e. The molecule has 12 heteroatoms. The summed E-state index contributed by atoms with van der Waals surface area (Å²) < 4.78 is 14.5. The molecule has 0 N–H and O–H groups in total. The SMILES string of the molecule is CCCCOc1ccc(/C=C/c2nc3s/c(=C\c4cn(-c5ccccc5)nc4-c4ccc(OCC)c([N+](=O)[O-])c4)c(=O)n3n2)cc1. The van der Waals surface area contributed by atoms with Gasteiger partial charge >= 0.3 is 5.69 Å². The summed E-state index contributed by atoms with van der Waals surface area (Å²) in [5.41, 5.74) is 2.84. The van der Waals surface area contributed by atoms with Crippen molar-refractivity contribution < 1.29 is 14.4 Å². The molecule has 0 aliphatic heterocycles. The molecule has 0 aliphatic rings. The number of hydrogen-bond donors (Lipinski definition) is 0. The van der Waals surface area contributed by atoms with Gasteiger partial charge in [0.15, 0.2) is 11.6 Å². The molecule has 0 amide bonds. The summed E-state index contributed by atoms with van der Waals surface area (Å²) in [6, 6.07) is 22.0. The first kappa shape index (κ1) is 30.4. The number of fused-ring (bicyclic) bond motifs is 1. The van der Waals surface area contributed by atoms with E-state index in [4.69, 9.17) is 14.6 Å². The minimum Gasteiger partial charge on any atom is -0.494 e. The summed E-state index contributed by atoms with van der Waals surface area (Å²) >= 11 is 1.20. The maximum absolute atomic E-state index is 13.4. The third kappa shape index (κ3) is 6.57. The van der Waals surface area contributed by atoms with Crippen LogP contribution in [0.15, 0.2) is 83.8 Å². The van der Waals surface area contributed by atoms with Crippen LogP contribution in [0.1, 0.15) is 43.6 Å². The van der Waals surface area contributed by atoms with Crippen LogP contribution in [0.5, 0.6) is 11.5 Å². The fourth-order valence-electron chi connectivity index (χ4n) is 4.76. The van der Waals surface area contributed by atoms with Gasteiger partial charge in [-0.3, -0.25) is 14.9 Å². The van der Waals surface area contributed by atoms with Crippen LogP contribution in [0.2, 0.25) is 0 Å². The number of nitro groups is 1. The molecule has 0 bridgehead atoms. The second-order valence-corrected chi connectivity index (χ2v) is 11.3. The van der Waals surface area contributed by atoms with E-state index in [2.05, 4.69) is 17.0 Å². The number of aromatic nitrogens is 5. The van der Waals surface area contributed by atoms with Gasteiger partial charge in [-0.25, -0.2) is 4.68 Å². The van der Waals surface area contributed by atoms with Crippen molar-refractivity contribution in [2.24, 2.45) is 0 Å². The molecule has 3 aromatic heterocycles. The normalized spacial score (nSPS) is 11.9. The molecule has 0 saturated carbocycles. The number of benzene rings is 3. The van der Waals surface area contributed by atoms with Crippen molar-refractivity contribution in [2.45, 2.75) is 26.7 Å². The molecular formula is C34H30N6O5S. The average molecular weight is 635 g/mol. The first-order chi connectivity index (χ1) is 22.4. The zero-order chi connectivity index (χ0) is 32.0. The van der Waals surface area contributed by atoms with Crippen LogP contribution in [0, 0.1) is 10.1 Å². The summed E-state index contributed by atoms with van der Waals surface area (Å²) in [6.07, 6.45) is 9.24. The van der Waals surface area contributed by atoms with Gasteiger partial charge in [-0.15, -0.1) is 5.10 Å². The van der Waals surface area contributed by atoms with Crippen LogP contribution < -0.4 is 19.6 Å². The van der Waals surface area contributed by atoms with Crippen LogP contribution in [0.3, 0.4) is 0 Å². The zero-order valence-electron chi connectivity index (χ0n) is 25.2. The number of thiazole rings is 1. The Balaban J connectivity index is 1.34. The average Bonchev–Trinajstić information content (AvgIpc) is 3.76. The zero-order valence-corrected chi connectivity index (χ0v) is 26.0. The molecule has 11 nitrogen and oxygen atoms in total. The van der Waals surface area contributed by atoms with Gasteiger partial charge in [0.05, 0.1) is 28.4 Å². The summed E-state index contributed by atoms with van der Waals surface area (Å²) in [6.45, 7) is 4.88. The van der Waals surface area contributed by atoms with Crippen LogP contribution in [0.25, 0.3) is 40.1 Å². The molecule has 6 aromatic rings. The Morgan fingerprint density at radius 3 is 2.50 bits per heavy atom. The lowest BCUT2D eigenvalue weighted by molar-refractivity contribution is -0.385. The molecular weight excluding hydrogens is 604 g/mol. The second-order valence-electron chi connectivity index (χ2n) is 10.3. The maximum Gasteiger partial charge on any atom is 0.311 e. The Morgan fingerprint density at radius 1 is 0.978 bits per heavy atom. The summed E-state index contributed by atoms with van der Waals surface area (Å²) in [4.78, 5) is 29.8. The van der Waals surface area contributed by atoms with E-state index >= 15 is 0 Å². The lowest BCUT2D eigenvalue weighted by atomic mass is 10.1. The Bertz CT molecular complexity index is 2130. The number of ether oxygens (including phenoxy) is 2. The Kier molecular flexibility index (Phi) is 8.97. The van der Waals surface area contributed by atoms with Crippen LogP contribution in [-0.2, 0) is 0 Å². The smallest absolute Gasteiger partial charge is 0.311 e. The molecule has 232 valence electrons. The first-order valence-electron chi connectivity index (χ1n) is 14.8. The van der Waals surface area contributed by atoms with E-state index in [1.807, 2.05) is 60.7 Å². The van der Waals surface area contributed by atoms with Gasteiger partial charge in [-0.05, 0) is 67.5 Å². The van der Waals surface area contributed by atoms with Gasteiger partial charge in [0, 0.05) is 23.4 Å². The molecule has 46 heavy (non-hydrogen) atoms. The van der Waals surface area contributed by atoms with Gasteiger partial charge in [0.1, 0.15) is 11.4 Å². The standard InChI is InChI=1S/C34H30N6O5S/c1-3-5-19-45-27-15-11-23(12-16-27)13-18-31-35-34-39(36-31)33(41)30(46-34)21-25-22-38(26-9-7-6-8-10-26)37-32(25)24-14-17-29(44-4-2)28(20-24)40(42)43/h6-18,20-22H,3-5,19H2,1-2H3/b18-13+,30-21-. The van der Waals surface area contributed by atoms with Crippen LogP contribution >= 0.6 is 11.3 Å². The second kappa shape index (κ2) is 13.6. The maximum atomic E-state index is 13.4. The quantitative estimate of drug-likeness (QED) is 0.0884. The monoisotopic (exact) mass is 634 g/mol.